The number of imidazole rings is 1. The number of aromatic amines is 2. The van der Waals surface area contributed by atoms with Gasteiger partial charge in [-0.25, -0.2) is 4.98 Å². The predicted molar refractivity (Wildman–Crippen MR) is 70.6 cm³/mol. The molecule has 0 amide bonds. The van der Waals surface area contributed by atoms with Gasteiger partial charge in [-0.1, -0.05) is 0 Å². The number of aromatic nitrogens is 4. The van der Waals surface area contributed by atoms with Gasteiger partial charge in [-0.15, -0.1) is 0 Å². The van der Waals surface area contributed by atoms with Crippen molar-refractivity contribution in [2.24, 2.45) is 0 Å². The Kier molecular flexibility index (Phi) is 1.81. The number of benzene rings is 1. The first-order valence-corrected chi connectivity index (χ1v) is 6.08. The Balaban J connectivity index is 1.89. The molecular weight excluding hydrogens is 226 g/mol. The minimum atomic E-state index is 0.818. The van der Waals surface area contributed by atoms with Crippen molar-refractivity contribution < 1.29 is 0 Å². The van der Waals surface area contributed by atoms with Gasteiger partial charge in [-0.3, -0.25) is 5.10 Å². The van der Waals surface area contributed by atoms with E-state index >= 15 is 0 Å². The lowest BCUT2D eigenvalue weighted by atomic mass is 10.1. The minimum absolute atomic E-state index is 0.818. The Morgan fingerprint density at radius 3 is 3.00 bits per heavy atom. The summed E-state index contributed by atoms with van der Waals surface area (Å²) in [5.41, 5.74) is 6.52. The number of rotatable bonds is 1. The molecule has 0 saturated heterocycles. The topological polar surface area (TPSA) is 69.4 Å². The van der Waals surface area contributed by atoms with Crippen LogP contribution in [0.25, 0.3) is 22.6 Å². The minimum Gasteiger partial charge on any atom is -0.384 e. The molecule has 0 saturated carbocycles. The first-order valence-electron chi connectivity index (χ1n) is 6.08. The zero-order valence-corrected chi connectivity index (χ0v) is 10.0. The molecule has 1 aromatic carbocycles. The van der Waals surface area contributed by atoms with Gasteiger partial charge in [0.25, 0.3) is 0 Å². The van der Waals surface area contributed by atoms with Gasteiger partial charge in [0.05, 0.1) is 11.0 Å². The second-order valence-corrected chi connectivity index (χ2v) is 4.72. The second kappa shape index (κ2) is 3.35. The molecule has 2 aromatic heterocycles. The summed E-state index contributed by atoms with van der Waals surface area (Å²) in [5.74, 6) is 0.818. The third-order valence-corrected chi connectivity index (χ3v) is 3.37. The lowest BCUT2D eigenvalue weighted by molar-refractivity contribution is 1.04. The smallest absolute Gasteiger partial charge is 0.159 e. The Hall–Kier alpha value is -2.30. The van der Waals surface area contributed by atoms with E-state index in [0.717, 1.165) is 41.2 Å². The van der Waals surface area contributed by atoms with Crippen molar-refractivity contribution in [1.29, 1.82) is 0 Å². The van der Waals surface area contributed by atoms with Gasteiger partial charge < -0.3 is 10.3 Å². The molecule has 90 valence electrons. The summed E-state index contributed by atoms with van der Waals surface area (Å²) in [6.45, 7) is 3.00. The summed E-state index contributed by atoms with van der Waals surface area (Å²) >= 11 is 0. The second-order valence-electron chi connectivity index (χ2n) is 4.72. The normalized spacial score (nSPS) is 13.8. The number of fused-ring (bicyclic) bond motifs is 2. The number of anilines is 1. The van der Waals surface area contributed by atoms with Crippen LogP contribution in [0.1, 0.15) is 11.3 Å². The van der Waals surface area contributed by atoms with Crippen molar-refractivity contribution in [3.63, 3.8) is 0 Å². The zero-order chi connectivity index (χ0) is 12.1. The van der Waals surface area contributed by atoms with Crippen molar-refractivity contribution >= 4 is 16.7 Å². The Morgan fingerprint density at radius 2 is 2.17 bits per heavy atom. The molecule has 3 N–H and O–H groups in total. The molecule has 1 aliphatic heterocycles. The van der Waals surface area contributed by atoms with Crippen LogP contribution in [0.5, 0.6) is 0 Å². The van der Waals surface area contributed by atoms with E-state index in [1.807, 2.05) is 13.0 Å². The van der Waals surface area contributed by atoms with E-state index in [1.54, 1.807) is 0 Å². The molecule has 0 bridgehead atoms. The van der Waals surface area contributed by atoms with Crippen LogP contribution in [0.15, 0.2) is 18.2 Å². The standard InChI is InChI=1S/C13H13N5/c1-7-4-12(18-17-7)13-15-10-5-8-2-3-14-9(8)6-11(10)16-13/h4-6,14H,2-3H2,1H3,(H,15,16)(H,17,18). The van der Waals surface area contributed by atoms with Crippen LogP contribution in [-0.4, -0.2) is 26.7 Å². The van der Waals surface area contributed by atoms with Gasteiger partial charge >= 0.3 is 0 Å². The summed E-state index contributed by atoms with van der Waals surface area (Å²) in [6.07, 6.45) is 1.08. The molecule has 4 rings (SSSR count). The number of aryl methyl sites for hydroxylation is 1. The molecule has 18 heavy (non-hydrogen) atoms. The maximum absolute atomic E-state index is 4.60. The highest BCUT2D eigenvalue weighted by molar-refractivity contribution is 5.84. The molecule has 0 aliphatic carbocycles. The summed E-state index contributed by atoms with van der Waals surface area (Å²) < 4.78 is 0. The van der Waals surface area contributed by atoms with Gasteiger partial charge in [0.1, 0.15) is 5.69 Å². The zero-order valence-electron chi connectivity index (χ0n) is 10.0. The number of hydrogen-bond donors (Lipinski definition) is 3. The molecule has 0 unspecified atom stereocenters. The molecule has 0 spiro atoms. The van der Waals surface area contributed by atoms with Gasteiger partial charge in [0, 0.05) is 17.9 Å². The molecule has 5 heteroatoms. The fraction of sp³-hybridized carbons (Fsp3) is 0.231. The third-order valence-electron chi connectivity index (χ3n) is 3.37. The van der Waals surface area contributed by atoms with Crippen LogP contribution >= 0.6 is 0 Å². The van der Waals surface area contributed by atoms with Crippen molar-refractivity contribution in [3.8, 4) is 11.5 Å². The first-order chi connectivity index (χ1) is 8.79. The molecule has 3 heterocycles. The maximum Gasteiger partial charge on any atom is 0.159 e. The largest absolute Gasteiger partial charge is 0.384 e. The SMILES string of the molecule is Cc1cc(-c2nc3cc4c(cc3[nH]2)CCN4)n[nH]1. The highest BCUT2D eigenvalue weighted by Gasteiger charge is 2.14. The van der Waals surface area contributed by atoms with Crippen LogP contribution < -0.4 is 5.32 Å². The molecule has 0 fully saturated rings. The van der Waals surface area contributed by atoms with Gasteiger partial charge in [-0.2, -0.15) is 5.10 Å². The Labute approximate surface area is 104 Å². The Morgan fingerprint density at radius 1 is 1.22 bits per heavy atom. The van der Waals surface area contributed by atoms with Crippen molar-refractivity contribution in [2.45, 2.75) is 13.3 Å². The summed E-state index contributed by atoms with van der Waals surface area (Å²) in [7, 11) is 0. The summed E-state index contributed by atoms with van der Waals surface area (Å²) in [6, 6.07) is 6.28. The Bertz CT molecular complexity index is 696. The molecule has 0 atom stereocenters. The van der Waals surface area contributed by atoms with Crippen LogP contribution in [0.3, 0.4) is 0 Å². The molecular formula is C13H13N5. The average Bonchev–Trinajstić information content (AvgIpc) is 3.02. The summed E-state index contributed by atoms with van der Waals surface area (Å²) in [4.78, 5) is 7.93. The highest BCUT2D eigenvalue weighted by Crippen LogP contribution is 2.28. The van der Waals surface area contributed by atoms with Gasteiger partial charge in [-0.05, 0) is 37.1 Å². The molecule has 0 radical (unpaired) electrons. The van der Waals surface area contributed by atoms with E-state index in [0.29, 0.717) is 0 Å². The van der Waals surface area contributed by atoms with Crippen LogP contribution in [0.2, 0.25) is 0 Å². The first kappa shape index (κ1) is 9.70. The van der Waals surface area contributed by atoms with E-state index in [9.17, 15) is 0 Å². The highest BCUT2D eigenvalue weighted by atomic mass is 15.1. The van der Waals surface area contributed by atoms with Crippen LogP contribution in [0, 0.1) is 6.92 Å². The van der Waals surface area contributed by atoms with E-state index < -0.39 is 0 Å². The lowest BCUT2D eigenvalue weighted by Gasteiger charge is -1.97. The lowest BCUT2D eigenvalue weighted by Crippen LogP contribution is -1.90. The number of hydrogen-bond acceptors (Lipinski definition) is 3. The van der Waals surface area contributed by atoms with Crippen molar-refractivity contribution in [1.82, 2.24) is 20.2 Å². The maximum atomic E-state index is 4.60. The monoisotopic (exact) mass is 239 g/mol. The predicted octanol–water partition coefficient (Wildman–Crippen LogP) is 2.23. The molecule has 1 aliphatic rings. The van der Waals surface area contributed by atoms with Crippen molar-refractivity contribution in [2.75, 3.05) is 11.9 Å². The van der Waals surface area contributed by atoms with Crippen molar-refractivity contribution in [3.05, 3.63) is 29.5 Å². The van der Waals surface area contributed by atoms with E-state index in [-0.39, 0.29) is 0 Å². The van der Waals surface area contributed by atoms with Gasteiger partial charge in [0.2, 0.25) is 0 Å². The fourth-order valence-electron chi connectivity index (χ4n) is 2.47. The third kappa shape index (κ3) is 1.33. The fourth-order valence-corrected chi connectivity index (χ4v) is 2.47. The summed E-state index contributed by atoms with van der Waals surface area (Å²) in [5, 5.41) is 10.5. The molecule has 3 aromatic rings. The average molecular weight is 239 g/mol. The van der Waals surface area contributed by atoms with E-state index in [4.69, 9.17) is 0 Å². The van der Waals surface area contributed by atoms with E-state index in [2.05, 4.69) is 37.6 Å². The molecule has 5 nitrogen and oxygen atoms in total. The number of H-pyrrole nitrogens is 2. The number of nitrogens with one attached hydrogen (secondary N) is 3. The van der Waals surface area contributed by atoms with Crippen LogP contribution in [0.4, 0.5) is 5.69 Å². The van der Waals surface area contributed by atoms with E-state index in [1.165, 1.54) is 11.3 Å². The van der Waals surface area contributed by atoms with Crippen LogP contribution in [-0.2, 0) is 6.42 Å². The quantitative estimate of drug-likeness (QED) is 0.610. The number of nitrogens with zero attached hydrogens (tertiary/aromatic N) is 2. The van der Waals surface area contributed by atoms with Gasteiger partial charge in [0.15, 0.2) is 5.82 Å².